The average molecular weight is 362 g/mol. The van der Waals surface area contributed by atoms with Crippen molar-refractivity contribution >= 4 is 43.4 Å². The Balaban J connectivity index is 2.33. The molecule has 0 saturated heterocycles. The number of nitrogens with zero attached hydrogens (tertiary/aromatic N) is 1. The van der Waals surface area contributed by atoms with Gasteiger partial charge in [-0.3, -0.25) is 4.72 Å². The average Bonchev–Trinajstić information content (AvgIpc) is 2.33. The Kier molecular flexibility index (Phi) is 4.13. The first-order valence-electron chi connectivity index (χ1n) is 5.29. The van der Waals surface area contributed by atoms with E-state index in [0.29, 0.717) is 10.8 Å². The lowest BCUT2D eigenvalue weighted by Gasteiger charge is -2.09. The Morgan fingerprint density at radius 2 is 1.89 bits per heavy atom. The van der Waals surface area contributed by atoms with Crippen molar-refractivity contribution in [2.24, 2.45) is 0 Å². The summed E-state index contributed by atoms with van der Waals surface area (Å²) in [6.45, 7) is 1.78. The zero-order chi connectivity index (χ0) is 14.0. The maximum atomic E-state index is 12.1. The molecule has 0 radical (unpaired) electrons. The molecule has 1 heterocycles. The molecule has 0 atom stereocenters. The lowest BCUT2D eigenvalue weighted by atomic mass is 10.3. The Morgan fingerprint density at radius 3 is 2.47 bits per heavy atom. The standard InChI is InChI=1S/C12H10BrClN2O2S/c1-8-6-9(13)7-15-12(8)16-19(17,18)11-4-2-10(14)3-5-11/h2-7H,1H3,(H,15,16). The fraction of sp³-hybridized carbons (Fsp3) is 0.0833. The SMILES string of the molecule is Cc1cc(Br)cnc1NS(=O)(=O)c1ccc(Cl)cc1. The first kappa shape index (κ1) is 14.3. The van der Waals surface area contributed by atoms with E-state index < -0.39 is 10.0 Å². The molecule has 19 heavy (non-hydrogen) atoms. The Bertz CT molecular complexity index is 702. The fourth-order valence-corrected chi connectivity index (χ4v) is 3.10. The highest BCUT2D eigenvalue weighted by Crippen LogP contribution is 2.21. The number of sulfonamides is 1. The van der Waals surface area contributed by atoms with Gasteiger partial charge in [-0.1, -0.05) is 11.6 Å². The summed E-state index contributed by atoms with van der Waals surface area (Å²) in [4.78, 5) is 4.18. The van der Waals surface area contributed by atoms with Crippen LogP contribution in [-0.2, 0) is 10.0 Å². The molecule has 0 fully saturated rings. The van der Waals surface area contributed by atoms with Crippen molar-refractivity contribution in [1.29, 1.82) is 0 Å². The molecule has 1 N–H and O–H groups in total. The van der Waals surface area contributed by atoms with Crippen LogP contribution in [0, 0.1) is 6.92 Å². The quantitative estimate of drug-likeness (QED) is 0.908. The highest BCUT2D eigenvalue weighted by molar-refractivity contribution is 9.10. The highest BCUT2D eigenvalue weighted by Gasteiger charge is 2.15. The Morgan fingerprint density at radius 1 is 1.26 bits per heavy atom. The second kappa shape index (κ2) is 5.48. The molecule has 0 unspecified atom stereocenters. The van der Waals surface area contributed by atoms with Gasteiger partial charge >= 0.3 is 0 Å². The van der Waals surface area contributed by atoms with Crippen molar-refractivity contribution in [1.82, 2.24) is 4.98 Å². The second-order valence-corrected chi connectivity index (χ2v) is 6.91. The van der Waals surface area contributed by atoms with E-state index in [-0.39, 0.29) is 4.90 Å². The molecule has 4 nitrogen and oxygen atoms in total. The fourth-order valence-electron chi connectivity index (χ4n) is 1.45. The zero-order valence-electron chi connectivity index (χ0n) is 9.89. The van der Waals surface area contributed by atoms with Crippen LogP contribution < -0.4 is 4.72 Å². The number of aryl methyl sites for hydroxylation is 1. The lowest BCUT2D eigenvalue weighted by Crippen LogP contribution is -2.14. The third-order valence-corrected chi connectivity index (χ3v) is 4.44. The van der Waals surface area contributed by atoms with Crippen molar-refractivity contribution in [3.05, 3.63) is 51.6 Å². The summed E-state index contributed by atoms with van der Waals surface area (Å²) < 4.78 is 27.5. The summed E-state index contributed by atoms with van der Waals surface area (Å²) in [5.74, 6) is 0.304. The van der Waals surface area contributed by atoms with Crippen molar-refractivity contribution in [2.75, 3.05) is 4.72 Å². The summed E-state index contributed by atoms with van der Waals surface area (Å²) in [5, 5.41) is 0.483. The molecule has 0 spiro atoms. The number of aromatic nitrogens is 1. The van der Waals surface area contributed by atoms with E-state index in [1.807, 2.05) is 0 Å². The van der Waals surface area contributed by atoms with Crippen LogP contribution in [0.1, 0.15) is 5.56 Å². The van der Waals surface area contributed by atoms with E-state index in [9.17, 15) is 8.42 Å². The number of halogens is 2. The number of anilines is 1. The molecule has 7 heteroatoms. The van der Waals surface area contributed by atoms with Crippen molar-refractivity contribution in [3.8, 4) is 0 Å². The molecule has 1 aromatic carbocycles. The van der Waals surface area contributed by atoms with Gasteiger partial charge in [0.1, 0.15) is 5.82 Å². The largest absolute Gasteiger partial charge is 0.263 e. The van der Waals surface area contributed by atoms with Crippen LogP contribution in [0.2, 0.25) is 5.02 Å². The van der Waals surface area contributed by atoms with Crippen LogP contribution >= 0.6 is 27.5 Å². The van der Waals surface area contributed by atoms with Gasteiger partial charge < -0.3 is 0 Å². The Hall–Kier alpha value is -1.11. The molecule has 0 amide bonds. The van der Waals surface area contributed by atoms with Gasteiger partial charge in [0.15, 0.2) is 0 Å². The van der Waals surface area contributed by atoms with Gasteiger partial charge in [-0.25, -0.2) is 13.4 Å². The van der Waals surface area contributed by atoms with Crippen molar-refractivity contribution < 1.29 is 8.42 Å². The molecule has 0 saturated carbocycles. The third kappa shape index (κ3) is 3.46. The Labute approximate surface area is 125 Å². The summed E-state index contributed by atoms with van der Waals surface area (Å²) in [6.07, 6.45) is 1.53. The predicted molar refractivity (Wildman–Crippen MR) is 78.9 cm³/mol. The topological polar surface area (TPSA) is 59.1 Å². The van der Waals surface area contributed by atoms with Crippen LogP contribution in [-0.4, -0.2) is 13.4 Å². The molecular formula is C12H10BrClN2O2S. The third-order valence-electron chi connectivity index (χ3n) is 2.40. The number of hydrogen-bond acceptors (Lipinski definition) is 3. The molecule has 2 aromatic rings. The second-order valence-electron chi connectivity index (χ2n) is 3.88. The summed E-state index contributed by atoms with van der Waals surface area (Å²) in [5.41, 5.74) is 0.729. The molecule has 1 aromatic heterocycles. The molecule has 0 bridgehead atoms. The summed E-state index contributed by atoms with van der Waals surface area (Å²) in [7, 11) is -3.65. The molecule has 0 aliphatic heterocycles. The molecule has 0 aliphatic carbocycles. The van der Waals surface area contributed by atoms with Crippen LogP contribution in [0.3, 0.4) is 0 Å². The van der Waals surface area contributed by atoms with E-state index in [1.165, 1.54) is 30.5 Å². The van der Waals surface area contributed by atoms with E-state index in [1.54, 1.807) is 13.0 Å². The minimum atomic E-state index is -3.65. The molecule has 2 rings (SSSR count). The minimum Gasteiger partial charge on any atom is -0.263 e. The van der Waals surface area contributed by atoms with Gasteiger partial charge in [-0.2, -0.15) is 0 Å². The van der Waals surface area contributed by atoms with Gasteiger partial charge in [0.25, 0.3) is 10.0 Å². The van der Waals surface area contributed by atoms with Crippen molar-refractivity contribution in [3.63, 3.8) is 0 Å². The van der Waals surface area contributed by atoms with Crippen molar-refractivity contribution in [2.45, 2.75) is 11.8 Å². The normalized spacial score (nSPS) is 11.3. The monoisotopic (exact) mass is 360 g/mol. The van der Waals surface area contributed by atoms with E-state index in [2.05, 4.69) is 25.6 Å². The predicted octanol–water partition coefficient (Wildman–Crippen LogP) is 3.61. The van der Waals surface area contributed by atoms with E-state index in [0.717, 1.165) is 10.0 Å². The molecule has 0 aliphatic rings. The molecular weight excluding hydrogens is 352 g/mol. The van der Waals surface area contributed by atoms with Crippen LogP contribution in [0.4, 0.5) is 5.82 Å². The number of rotatable bonds is 3. The first-order chi connectivity index (χ1) is 8.88. The van der Waals surface area contributed by atoms with Crippen LogP contribution in [0.25, 0.3) is 0 Å². The number of nitrogens with one attached hydrogen (secondary N) is 1. The van der Waals surface area contributed by atoms with Crippen LogP contribution in [0.15, 0.2) is 45.9 Å². The van der Waals surface area contributed by atoms with Gasteiger partial charge in [0.05, 0.1) is 4.90 Å². The first-order valence-corrected chi connectivity index (χ1v) is 7.94. The number of hydrogen-bond donors (Lipinski definition) is 1. The van der Waals surface area contributed by atoms with E-state index >= 15 is 0 Å². The summed E-state index contributed by atoms with van der Waals surface area (Å²) in [6, 6.07) is 7.72. The molecule has 100 valence electrons. The maximum Gasteiger partial charge on any atom is 0.263 e. The number of benzene rings is 1. The lowest BCUT2D eigenvalue weighted by molar-refractivity contribution is 0.601. The number of pyridine rings is 1. The highest BCUT2D eigenvalue weighted by atomic mass is 79.9. The smallest absolute Gasteiger partial charge is 0.263 e. The van der Waals surface area contributed by atoms with Gasteiger partial charge in [0.2, 0.25) is 0 Å². The van der Waals surface area contributed by atoms with Gasteiger partial charge in [-0.15, -0.1) is 0 Å². The minimum absolute atomic E-state index is 0.140. The van der Waals surface area contributed by atoms with E-state index in [4.69, 9.17) is 11.6 Å². The zero-order valence-corrected chi connectivity index (χ0v) is 13.1. The summed E-state index contributed by atoms with van der Waals surface area (Å²) >= 11 is 9.01. The van der Waals surface area contributed by atoms with Gasteiger partial charge in [0, 0.05) is 15.7 Å². The maximum absolute atomic E-state index is 12.1. The van der Waals surface area contributed by atoms with Gasteiger partial charge in [-0.05, 0) is 58.7 Å². The van der Waals surface area contributed by atoms with Crippen LogP contribution in [0.5, 0.6) is 0 Å².